The van der Waals surface area contributed by atoms with E-state index in [4.69, 9.17) is 4.74 Å². The molecule has 100 valence electrons. The van der Waals surface area contributed by atoms with Crippen molar-refractivity contribution in [2.24, 2.45) is 0 Å². The molecule has 0 saturated carbocycles. The molecule has 0 aromatic heterocycles. The molecule has 0 aromatic rings. The molecule has 0 aromatic carbocycles. The normalized spacial score (nSPS) is 32.1. The van der Waals surface area contributed by atoms with Crippen LogP contribution in [0.15, 0.2) is 0 Å². The van der Waals surface area contributed by atoms with E-state index in [1.165, 1.54) is 51.7 Å². The zero-order valence-electron chi connectivity index (χ0n) is 11.5. The molecule has 3 heteroatoms. The lowest BCUT2D eigenvalue weighted by atomic mass is 10.0. The fourth-order valence-corrected chi connectivity index (χ4v) is 2.96. The van der Waals surface area contributed by atoms with Gasteiger partial charge < -0.3 is 15.0 Å². The zero-order chi connectivity index (χ0) is 12.1. The molecule has 2 saturated heterocycles. The van der Waals surface area contributed by atoms with E-state index in [0.29, 0.717) is 12.1 Å². The van der Waals surface area contributed by atoms with Crippen LogP contribution in [0.3, 0.4) is 0 Å². The lowest BCUT2D eigenvalue weighted by Crippen LogP contribution is -2.48. The minimum Gasteiger partial charge on any atom is -0.377 e. The summed E-state index contributed by atoms with van der Waals surface area (Å²) in [5, 5.41) is 3.79. The number of rotatable bonds is 5. The van der Waals surface area contributed by atoms with Gasteiger partial charge in [-0.25, -0.2) is 0 Å². The molecule has 2 fully saturated rings. The van der Waals surface area contributed by atoms with Gasteiger partial charge in [0.1, 0.15) is 0 Å². The molecule has 0 aliphatic carbocycles. The maximum atomic E-state index is 5.61. The van der Waals surface area contributed by atoms with Gasteiger partial charge in [0.05, 0.1) is 6.10 Å². The van der Waals surface area contributed by atoms with E-state index in [2.05, 4.69) is 24.1 Å². The van der Waals surface area contributed by atoms with Crippen LogP contribution in [-0.2, 0) is 4.74 Å². The zero-order valence-corrected chi connectivity index (χ0v) is 11.5. The first-order valence-electron chi connectivity index (χ1n) is 7.39. The molecule has 2 heterocycles. The molecule has 0 radical (unpaired) electrons. The maximum Gasteiger partial charge on any atom is 0.0700 e. The molecular weight excluding hydrogens is 212 g/mol. The van der Waals surface area contributed by atoms with Crippen LogP contribution < -0.4 is 5.32 Å². The van der Waals surface area contributed by atoms with Crippen LogP contribution in [0.5, 0.6) is 0 Å². The second-order valence-corrected chi connectivity index (χ2v) is 5.61. The minimum absolute atomic E-state index is 0.410. The lowest BCUT2D eigenvalue weighted by Gasteiger charge is -2.34. The highest BCUT2D eigenvalue weighted by atomic mass is 16.5. The summed E-state index contributed by atoms with van der Waals surface area (Å²) < 4.78 is 5.61. The first kappa shape index (κ1) is 13.3. The van der Waals surface area contributed by atoms with Crippen molar-refractivity contribution in [3.8, 4) is 0 Å². The Morgan fingerprint density at radius 3 is 2.59 bits per heavy atom. The van der Waals surface area contributed by atoms with E-state index < -0.39 is 0 Å². The summed E-state index contributed by atoms with van der Waals surface area (Å²) in [6.45, 7) is 9.26. The van der Waals surface area contributed by atoms with Gasteiger partial charge in [-0.15, -0.1) is 0 Å². The van der Waals surface area contributed by atoms with E-state index in [9.17, 15) is 0 Å². The first-order chi connectivity index (χ1) is 8.29. The number of piperidine rings is 1. The maximum absolute atomic E-state index is 5.61. The third-order valence-electron chi connectivity index (χ3n) is 4.24. The van der Waals surface area contributed by atoms with Crippen LogP contribution in [-0.4, -0.2) is 49.3 Å². The molecule has 2 aliphatic rings. The summed E-state index contributed by atoms with van der Waals surface area (Å²) in [7, 11) is 0. The Balaban J connectivity index is 1.65. The van der Waals surface area contributed by atoms with Gasteiger partial charge in [0.25, 0.3) is 0 Å². The van der Waals surface area contributed by atoms with Gasteiger partial charge >= 0.3 is 0 Å². The van der Waals surface area contributed by atoms with E-state index in [0.717, 1.165) is 12.6 Å². The number of nitrogens with zero attached hydrogens (tertiary/aromatic N) is 1. The number of ether oxygens (including phenoxy) is 1. The number of likely N-dealkylation sites (tertiary alicyclic amines) is 1. The fraction of sp³-hybridized carbons (Fsp3) is 1.00. The molecule has 1 N–H and O–H groups in total. The summed E-state index contributed by atoms with van der Waals surface area (Å²) in [6, 6.07) is 1.32. The second-order valence-electron chi connectivity index (χ2n) is 5.61. The molecule has 0 amide bonds. The number of nitrogens with one attached hydrogen (secondary N) is 1. The van der Waals surface area contributed by atoms with Crippen LogP contribution in [0.4, 0.5) is 0 Å². The predicted molar refractivity (Wildman–Crippen MR) is 71.3 cm³/mol. The second kappa shape index (κ2) is 6.72. The number of hydrogen-bond acceptors (Lipinski definition) is 3. The van der Waals surface area contributed by atoms with Crippen LogP contribution in [0.25, 0.3) is 0 Å². The SMILES string of the molecule is CCCCN1CCC(NC2CCOC2C)CC1. The molecule has 17 heavy (non-hydrogen) atoms. The van der Waals surface area contributed by atoms with Crippen molar-refractivity contribution in [2.75, 3.05) is 26.2 Å². The van der Waals surface area contributed by atoms with Gasteiger partial charge in [-0.05, 0) is 52.2 Å². The van der Waals surface area contributed by atoms with Gasteiger partial charge in [0, 0.05) is 18.7 Å². The smallest absolute Gasteiger partial charge is 0.0700 e. The van der Waals surface area contributed by atoms with Crippen molar-refractivity contribution in [2.45, 2.75) is 64.1 Å². The van der Waals surface area contributed by atoms with Crippen molar-refractivity contribution >= 4 is 0 Å². The monoisotopic (exact) mass is 240 g/mol. The quantitative estimate of drug-likeness (QED) is 0.795. The van der Waals surface area contributed by atoms with Gasteiger partial charge in [0.2, 0.25) is 0 Å². The van der Waals surface area contributed by atoms with E-state index in [1.54, 1.807) is 0 Å². The van der Waals surface area contributed by atoms with Crippen molar-refractivity contribution in [1.29, 1.82) is 0 Å². The average Bonchev–Trinajstić information content (AvgIpc) is 2.74. The molecule has 2 atom stereocenters. The molecule has 2 aliphatic heterocycles. The fourth-order valence-electron chi connectivity index (χ4n) is 2.96. The molecular formula is C14H28N2O. The summed E-state index contributed by atoms with van der Waals surface area (Å²) in [5.74, 6) is 0. The van der Waals surface area contributed by atoms with Gasteiger partial charge in [-0.3, -0.25) is 0 Å². The summed E-state index contributed by atoms with van der Waals surface area (Å²) in [4.78, 5) is 2.62. The predicted octanol–water partition coefficient (Wildman–Crippen LogP) is 2.02. The Hall–Kier alpha value is -0.120. The Labute approximate surface area is 106 Å². The molecule has 3 nitrogen and oxygen atoms in total. The van der Waals surface area contributed by atoms with Gasteiger partial charge in [0.15, 0.2) is 0 Å². The van der Waals surface area contributed by atoms with E-state index in [-0.39, 0.29) is 0 Å². The molecule has 0 spiro atoms. The summed E-state index contributed by atoms with van der Waals surface area (Å²) >= 11 is 0. The van der Waals surface area contributed by atoms with Gasteiger partial charge in [-0.1, -0.05) is 13.3 Å². The highest BCUT2D eigenvalue weighted by Gasteiger charge is 2.27. The van der Waals surface area contributed by atoms with Crippen molar-refractivity contribution < 1.29 is 4.74 Å². The van der Waals surface area contributed by atoms with Gasteiger partial charge in [-0.2, -0.15) is 0 Å². The Kier molecular flexibility index (Phi) is 5.26. The lowest BCUT2D eigenvalue weighted by molar-refractivity contribution is 0.106. The van der Waals surface area contributed by atoms with E-state index >= 15 is 0 Å². The van der Waals surface area contributed by atoms with Crippen molar-refractivity contribution in [3.05, 3.63) is 0 Å². The Bertz CT molecular complexity index is 214. The third-order valence-corrected chi connectivity index (χ3v) is 4.24. The highest BCUT2D eigenvalue weighted by Crippen LogP contribution is 2.17. The van der Waals surface area contributed by atoms with Crippen molar-refractivity contribution in [1.82, 2.24) is 10.2 Å². The number of unbranched alkanes of at least 4 members (excludes halogenated alkanes) is 1. The summed E-state index contributed by atoms with van der Waals surface area (Å²) in [5.41, 5.74) is 0. The largest absolute Gasteiger partial charge is 0.377 e. The molecule has 2 rings (SSSR count). The van der Waals surface area contributed by atoms with Crippen LogP contribution in [0, 0.1) is 0 Å². The summed E-state index contributed by atoms with van der Waals surface area (Å²) in [6.07, 6.45) is 6.89. The van der Waals surface area contributed by atoms with Crippen LogP contribution in [0.1, 0.15) is 46.0 Å². The third kappa shape index (κ3) is 3.94. The highest BCUT2D eigenvalue weighted by molar-refractivity contribution is 4.85. The minimum atomic E-state index is 0.410. The molecule has 0 bridgehead atoms. The standard InChI is InChI=1S/C14H28N2O/c1-3-4-8-16-9-5-13(6-10-16)15-14-7-11-17-12(14)2/h12-15H,3-11H2,1-2H3. The Morgan fingerprint density at radius 2 is 2.00 bits per heavy atom. The molecule has 2 unspecified atom stereocenters. The first-order valence-corrected chi connectivity index (χ1v) is 7.39. The van der Waals surface area contributed by atoms with Crippen LogP contribution >= 0.6 is 0 Å². The Morgan fingerprint density at radius 1 is 1.24 bits per heavy atom. The van der Waals surface area contributed by atoms with Crippen LogP contribution in [0.2, 0.25) is 0 Å². The average molecular weight is 240 g/mol. The van der Waals surface area contributed by atoms with E-state index in [1.807, 2.05) is 0 Å². The van der Waals surface area contributed by atoms with Crippen molar-refractivity contribution in [3.63, 3.8) is 0 Å². The number of hydrogen-bond donors (Lipinski definition) is 1. The topological polar surface area (TPSA) is 24.5 Å².